The lowest BCUT2D eigenvalue weighted by Gasteiger charge is -2.23. The Bertz CT molecular complexity index is 1070. The third kappa shape index (κ3) is 3.88. The summed E-state index contributed by atoms with van der Waals surface area (Å²) in [6.45, 7) is 5.55. The number of rotatable bonds is 5. The van der Waals surface area contributed by atoms with Crippen molar-refractivity contribution in [3.8, 4) is 5.75 Å². The highest BCUT2D eigenvalue weighted by molar-refractivity contribution is 6.35. The predicted octanol–water partition coefficient (Wildman–Crippen LogP) is 4.30. The van der Waals surface area contributed by atoms with Crippen molar-refractivity contribution in [1.29, 1.82) is 0 Å². The van der Waals surface area contributed by atoms with E-state index in [-0.39, 0.29) is 11.2 Å². The van der Waals surface area contributed by atoms with Gasteiger partial charge in [-0.1, -0.05) is 38.1 Å². The summed E-state index contributed by atoms with van der Waals surface area (Å²) in [7, 11) is -1.24. The van der Waals surface area contributed by atoms with Gasteiger partial charge in [0.15, 0.2) is 5.78 Å². The number of likely N-dealkylation sites (N-methyl/N-ethyl adjacent to an activating group) is 1. The Morgan fingerprint density at radius 1 is 1.28 bits per heavy atom. The molecule has 0 amide bonds. The normalized spacial score (nSPS) is 16.3. The van der Waals surface area contributed by atoms with Crippen LogP contribution in [0.3, 0.4) is 0 Å². The molecule has 5 nitrogen and oxygen atoms in total. The summed E-state index contributed by atoms with van der Waals surface area (Å²) in [6.07, 6.45) is 4.40. The fourth-order valence-corrected chi connectivity index (χ4v) is 3.61. The molecule has 0 radical (unpaired) electrons. The average Bonchev–Trinajstić information content (AvgIpc) is 2.81. The van der Waals surface area contributed by atoms with Crippen molar-refractivity contribution < 1.29 is 22.5 Å². The minimum absolute atomic E-state index is 0.0698. The lowest BCUT2D eigenvalue weighted by atomic mass is 9.84. The van der Waals surface area contributed by atoms with Crippen LogP contribution in [0.15, 0.2) is 63.5 Å². The molecule has 29 heavy (non-hydrogen) atoms. The van der Waals surface area contributed by atoms with Crippen LogP contribution >= 0.6 is 0 Å². The van der Waals surface area contributed by atoms with Crippen molar-refractivity contribution in [2.45, 2.75) is 26.2 Å². The summed E-state index contributed by atoms with van der Waals surface area (Å²) in [4.78, 5) is 26.6. The minimum Gasteiger partial charge on any atom is -0.504 e. The van der Waals surface area contributed by atoms with Gasteiger partial charge in [-0.25, -0.2) is 13.4 Å². The van der Waals surface area contributed by atoms with Gasteiger partial charge >= 0.3 is 13.1 Å². The summed E-state index contributed by atoms with van der Waals surface area (Å²) >= 11 is 0. The first-order valence-corrected chi connectivity index (χ1v) is 8.99. The largest absolute Gasteiger partial charge is 0.796 e. The molecule has 3 rings (SSSR count). The number of halogens is 2. The molecule has 0 bridgehead atoms. The van der Waals surface area contributed by atoms with E-state index >= 15 is 0 Å². The van der Waals surface area contributed by atoms with Crippen LogP contribution in [-0.2, 0) is 5.41 Å². The van der Waals surface area contributed by atoms with E-state index in [1.54, 1.807) is 6.08 Å². The highest BCUT2D eigenvalue weighted by Crippen LogP contribution is 2.46. The van der Waals surface area contributed by atoms with E-state index in [4.69, 9.17) is 4.42 Å². The van der Waals surface area contributed by atoms with Crippen molar-refractivity contribution >= 4 is 18.9 Å². The highest BCUT2D eigenvalue weighted by Gasteiger charge is 2.37. The third-order valence-electron chi connectivity index (χ3n) is 4.94. The summed E-state index contributed by atoms with van der Waals surface area (Å²) < 4.78 is 34.5. The first-order valence-electron chi connectivity index (χ1n) is 8.99. The van der Waals surface area contributed by atoms with Crippen LogP contribution in [0.1, 0.15) is 35.5 Å². The number of hydrogen-bond donors (Lipinski definition) is 0. The van der Waals surface area contributed by atoms with Crippen molar-refractivity contribution in [1.82, 2.24) is 0 Å². The second-order valence-electron chi connectivity index (χ2n) is 7.24. The lowest BCUT2D eigenvalue weighted by molar-refractivity contribution is 0.104. The highest BCUT2D eigenvalue weighted by atomic mass is 19.2. The summed E-state index contributed by atoms with van der Waals surface area (Å²) in [5.41, 5.74) is 1.30. The number of anilines is 1. The lowest BCUT2D eigenvalue weighted by Crippen LogP contribution is -2.22. The van der Waals surface area contributed by atoms with Crippen LogP contribution in [0.2, 0.25) is 0 Å². The molecule has 1 aliphatic heterocycles. The van der Waals surface area contributed by atoms with Crippen molar-refractivity contribution in [3.63, 3.8) is 0 Å². The number of fused-ring (bicyclic) bond motifs is 1. The Balaban J connectivity index is 1.92. The third-order valence-corrected chi connectivity index (χ3v) is 4.94. The van der Waals surface area contributed by atoms with Crippen molar-refractivity contribution in [3.05, 3.63) is 81.6 Å². The number of allylic oxidation sites excluding steroid dienone is 4. The molecule has 0 unspecified atom stereocenters. The Morgan fingerprint density at radius 3 is 2.62 bits per heavy atom. The topological polar surface area (TPSA) is 59.8 Å². The zero-order valence-electron chi connectivity index (χ0n) is 16.5. The predicted molar refractivity (Wildman–Crippen MR) is 108 cm³/mol. The maximum Gasteiger partial charge on any atom is 0.796 e. The number of para-hydroxylation sites is 1. The fourth-order valence-electron chi connectivity index (χ4n) is 3.61. The molecule has 0 fully saturated rings. The maximum absolute atomic E-state index is 12.6. The molecule has 150 valence electrons. The van der Waals surface area contributed by atoms with E-state index in [0.29, 0.717) is 0 Å². The van der Waals surface area contributed by atoms with Crippen molar-refractivity contribution in [2.75, 3.05) is 11.9 Å². The molecular formula is C21H20BF2NO4. The first-order chi connectivity index (χ1) is 13.6. The van der Waals surface area contributed by atoms with E-state index in [1.165, 1.54) is 13.0 Å². The van der Waals surface area contributed by atoms with Gasteiger partial charge in [-0.2, -0.15) is 0 Å². The minimum atomic E-state index is -3.17. The Kier molecular flexibility index (Phi) is 5.46. The smallest absolute Gasteiger partial charge is 0.504 e. The Hall–Kier alpha value is -3.16. The first kappa shape index (κ1) is 20.6. The molecule has 1 aliphatic rings. The quantitative estimate of drug-likeness (QED) is 0.426. The van der Waals surface area contributed by atoms with Crippen LogP contribution in [0.5, 0.6) is 5.75 Å². The fraction of sp³-hybridized carbons (Fsp3) is 0.238. The summed E-state index contributed by atoms with van der Waals surface area (Å²) in [6, 6.07) is 9.08. The molecule has 0 saturated carbocycles. The maximum atomic E-state index is 12.6. The molecular weight excluding hydrogens is 379 g/mol. The van der Waals surface area contributed by atoms with Gasteiger partial charge in [0.2, 0.25) is 0 Å². The molecule has 8 heteroatoms. The molecule has 2 heterocycles. The zero-order valence-corrected chi connectivity index (χ0v) is 16.5. The Labute approximate surface area is 167 Å². The van der Waals surface area contributed by atoms with Gasteiger partial charge in [0.25, 0.3) is 0 Å². The van der Waals surface area contributed by atoms with E-state index in [0.717, 1.165) is 29.1 Å². The van der Waals surface area contributed by atoms with E-state index in [2.05, 4.69) is 18.5 Å². The number of ketones is 1. The Morgan fingerprint density at radius 2 is 1.97 bits per heavy atom. The standard InChI is InChI=1S/C21H20BF2NO4/c1-13-12-17(29-22(23)24)19(20(27)28-13)16(26)10-7-11-18-21(2,3)14-8-5-6-9-15(14)25(18)4/h5-12H,1-4H3/b10-7+,18-11+. The van der Waals surface area contributed by atoms with Gasteiger partial charge in [-0.05, 0) is 30.7 Å². The molecule has 0 saturated heterocycles. The van der Waals surface area contributed by atoms with Gasteiger partial charge in [0.1, 0.15) is 17.1 Å². The molecule has 0 spiro atoms. The van der Waals surface area contributed by atoms with Crippen LogP contribution in [-0.4, -0.2) is 20.3 Å². The molecule has 0 N–H and O–H groups in total. The van der Waals surface area contributed by atoms with Gasteiger partial charge < -0.3 is 14.0 Å². The van der Waals surface area contributed by atoms with Gasteiger partial charge in [-0.3, -0.25) is 4.79 Å². The second kappa shape index (κ2) is 7.70. The zero-order chi connectivity index (χ0) is 21.3. The van der Waals surface area contributed by atoms with Crippen LogP contribution in [0, 0.1) is 6.92 Å². The summed E-state index contributed by atoms with van der Waals surface area (Å²) in [5, 5.41) is 0. The number of carbonyl (C=O) groups is 1. The van der Waals surface area contributed by atoms with Gasteiger partial charge in [0.05, 0.1) is 0 Å². The molecule has 0 atom stereocenters. The molecule has 1 aromatic heterocycles. The number of nitrogens with zero attached hydrogens (tertiary/aromatic N) is 1. The summed E-state index contributed by atoms with van der Waals surface area (Å²) in [5.74, 6) is -1.20. The monoisotopic (exact) mass is 399 g/mol. The van der Waals surface area contributed by atoms with Crippen LogP contribution < -0.4 is 15.2 Å². The van der Waals surface area contributed by atoms with Crippen LogP contribution in [0.25, 0.3) is 0 Å². The van der Waals surface area contributed by atoms with Crippen LogP contribution in [0.4, 0.5) is 14.3 Å². The number of aryl methyl sites for hydroxylation is 1. The molecule has 0 aliphatic carbocycles. The van der Waals surface area contributed by atoms with Crippen molar-refractivity contribution in [2.24, 2.45) is 0 Å². The molecule has 1 aromatic carbocycles. The SMILES string of the molecule is Cc1cc(OB(F)F)c(C(=O)/C=C/C=C2/N(C)c3ccccc3C2(C)C)c(=O)o1. The average molecular weight is 399 g/mol. The van der Waals surface area contributed by atoms with Gasteiger partial charge in [-0.15, -0.1) is 0 Å². The number of carbonyl (C=O) groups excluding carboxylic acids is 1. The second-order valence-corrected chi connectivity index (χ2v) is 7.24. The van der Waals surface area contributed by atoms with E-state index in [9.17, 15) is 18.2 Å². The van der Waals surface area contributed by atoms with E-state index in [1.807, 2.05) is 36.2 Å². The number of benzene rings is 1. The molecule has 2 aromatic rings. The van der Waals surface area contributed by atoms with E-state index < -0.39 is 30.2 Å². The number of hydrogen-bond acceptors (Lipinski definition) is 5. The van der Waals surface area contributed by atoms with Gasteiger partial charge in [0, 0.05) is 29.9 Å².